The molecule has 1 aromatic carbocycles. The molecule has 2 heterocycles. The van der Waals surface area contributed by atoms with Gasteiger partial charge < -0.3 is 9.84 Å². The Morgan fingerprint density at radius 2 is 1.74 bits per heavy atom. The zero-order valence-electron chi connectivity index (χ0n) is 16.7. The molecule has 7 atom stereocenters. The number of hydrogen-bond donors (Lipinski definition) is 1. The van der Waals surface area contributed by atoms with Crippen molar-refractivity contribution in [1.82, 2.24) is 4.90 Å². The van der Waals surface area contributed by atoms with Gasteiger partial charge in [-0.15, -0.1) is 0 Å². The van der Waals surface area contributed by atoms with Gasteiger partial charge in [0.2, 0.25) is 0 Å². The number of ether oxygens (including phenoxy) is 1. The van der Waals surface area contributed by atoms with Gasteiger partial charge in [-0.1, -0.05) is 56.5 Å². The fourth-order valence-corrected chi connectivity index (χ4v) is 6.74. The second-order valence-electron chi connectivity index (χ2n) is 9.71. The van der Waals surface area contributed by atoms with E-state index in [1.807, 2.05) is 0 Å². The first-order valence-corrected chi connectivity index (χ1v) is 11.4. The predicted molar refractivity (Wildman–Crippen MR) is 107 cm³/mol. The van der Waals surface area contributed by atoms with Crippen LogP contribution in [0.1, 0.15) is 76.3 Å². The Kier molecular flexibility index (Phi) is 5.04. The third kappa shape index (κ3) is 3.26. The molecule has 0 aromatic heterocycles. The third-order valence-electron chi connectivity index (χ3n) is 7.94. The number of aliphatic hydroxyl groups is 1. The SMILES string of the molecule is C[C@H]1C[C@@H]2[C@H](CC[C@@H]3O[C@H](C4CCCCC4)[C@H](c4ccccc4)N32)[C@@H](O)C1. The van der Waals surface area contributed by atoms with Crippen LogP contribution in [0.2, 0.25) is 0 Å². The van der Waals surface area contributed by atoms with Gasteiger partial charge in [0, 0.05) is 12.0 Å². The van der Waals surface area contributed by atoms with Crippen LogP contribution in [0, 0.1) is 17.8 Å². The maximum atomic E-state index is 10.8. The molecule has 5 rings (SSSR count). The normalized spacial score (nSPS) is 43.3. The highest BCUT2D eigenvalue weighted by Crippen LogP contribution is 2.51. The first kappa shape index (κ1) is 18.1. The van der Waals surface area contributed by atoms with Gasteiger partial charge in [0.05, 0.1) is 18.2 Å². The second kappa shape index (κ2) is 7.50. The molecule has 2 saturated carbocycles. The zero-order chi connectivity index (χ0) is 18.4. The van der Waals surface area contributed by atoms with Crippen LogP contribution in [0.25, 0.3) is 0 Å². The Hall–Kier alpha value is -0.900. The molecule has 1 N–H and O–H groups in total. The largest absolute Gasteiger partial charge is 0.393 e. The van der Waals surface area contributed by atoms with Crippen molar-refractivity contribution in [3.8, 4) is 0 Å². The molecule has 0 amide bonds. The molecule has 148 valence electrons. The summed E-state index contributed by atoms with van der Waals surface area (Å²) in [4.78, 5) is 2.72. The number of hydrogen-bond acceptors (Lipinski definition) is 3. The van der Waals surface area contributed by atoms with Gasteiger partial charge in [0.1, 0.15) is 6.23 Å². The minimum atomic E-state index is -0.134. The molecule has 4 aliphatic rings. The van der Waals surface area contributed by atoms with Crippen LogP contribution in [0.3, 0.4) is 0 Å². The van der Waals surface area contributed by atoms with E-state index in [0.29, 0.717) is 35.9 Å². The monoisotopic (exact) mass is 369 g/mol. The topological polar surface area (TPSA) is 32.7 Å². The minimum absolute atomic E-state index is 0.134. The van der Waals surface area contributed by atoms with E-state index in [4.69, 9.17) is 4.74 Å². The van der Waals surface area contributed by atoms with Crippen LogP contribution in [0.5, 0.6) is 0 Å². The number of piperidine rings is 1. The van der Waals surface area contributed by atoms with Gasteiger partial charge in [0.15, 0.2) is 0 Å². The van der Waals surface area contributed by atoms with Crippen LogP contribution in [0.15, 0.2) is 30.3 Å². The number of aliphatic hydroxyl groups excluding tert-OH is 1. The van der Waals surface area contributed by atoms with E-state index in [9.17, 15) is 5.11 Å². The van der Waals surface area contributed by atoms with Gasteiger partial charge in [-0.2, -0.15) is 0 Å². The van der Waals surface area contributed by atoms with E-state index in [1.165, 1.54) is 44.1 Å². The van der Waals surface area contributed by atoms with E-state index >= 15 is 0 Å². The van der Waals surface area contributed by atoms with Crippen molar-refractivity contribution >= 4 is 0 Å². The summed E-state index contributed by atoms with van der Waals surface area (Å²) in [6.45, 7) is 2.32. The fourth-order valence-electron chi connectivity index (χ4n) is 6.74. The summed E-state index contributed by atoms with van der Waals surface area (Å²) in [6.07, 6.45) is 11.6. The second-order valence-corrected chi connectivity index (χ2v) is 9.71. The summed E-state index contributed by atoms with van der Waals surface area (Å²) in [5, 5.41) is 10.8. The first-order chi connectivity index (χ1) is 13.2. The van der Waals surface area contributed by atoms with E-state index < -0.39 is 0 Å². The summed E-state index contributed by atoms with van der Waals surface area (Å²) >= 11 is 0. The maximum absolute atomic E-state index is 10.8. The van der Waals surface area contributed by atoms with Gasteiger partial charge in [-0.25, -0.2) is 0 Å². The molecule has 3 nitrogen and oxygen atoms in total. The first-order valence-electron chi connectivity index (χ1n) is 11.4. The number of nitrogens with zero attached hydrogens (tertiary/aromatic N) is 1. The Morgan fingerprint density at radius 3 is 2.52 bits per heavy atom. The van der Waals surface area contributed by atoms with Gasteiger partial charge in [-0.05, 0) is 55.9 Å². The molecule has 2 aliphatic carbocycles. The lowest BCUT2D eigenvalue weighted by atomic mass is 9.71. The van der Waals surface area contributed by atoms with Crippen molar-refractivity contribution in [2.24, 2.45) is 17.8 Å². The van der Waals surface area contributed by atoms with Crippen LogP contribution in [0.4, 0.5) is 0 Å². The molecule has 0 radical (unpaired) electrons. The van der Waals surface area contributed by atoms with Crippen LogP contribution in [-0.2, 0) is 4.74 Å². The molecule has 0 unspecified atom stereocenters. The molecular formula is C24H35NO2. The highest BCUT2D eigenvalue weighted by atomic mass is 16.5. The average Bonchev–Trinajstić information content (AvgIpc) is 3.09. The number of fused-ring (bicyclic) bond motifs is 3. The summed E-state index contributed by atoms with van der Waals surface area (Å²) in [6, 6.07) is 11.9. The Balaban J connectivity index is 1.50. The summed E-state index contributed by atoms with van der Waals surface area (Å²) in [7, 11) is 0. The highest BCUT2D eigenvalue weighted by Gasteiger charge is 2.54. The van der Waals surface area contributed by atoms with Crippen molar-refractivity contribution in [2.45, 2.75) is 95.2 Å². The quantitative estimate of drug-likeness (QED) is 0.804. The third-order valence-corrected chi connectivity index (χ3v) is 7.94. The van der Waals surface area contributed by atoms with Crippen LogP contribution < -0.4 is 0 Å². The molecular weight excluding hydrogens is 334 g/mol. The van der Waals surface area contributed by atoms with Crippen molar-refractivity contribution < 1.29 is 9.84 Å². The highest BCUT2D eigenvalue weighted by molar-refractivity contribution is 5.23. The lowest BCUT2D eigenvalue weighted by Crippen LogP contribution is -2.55. The lowest BCUT2D eigenvalue weighted by Gasteiger charge is -2.50. The van der Waals surface area contributed by atoms with Gasteiger partial charge >= 0.3 is 0 Å². The predicted octanol–water partition coefficient (Wildman–Crippen LogP) is 4.90. The van der Waals surface area contributed by atoms with Gasteiger partial charge in [-0.3, -0.25) is 4.90 Å². The Bertz CT molecular complexity index is 629. The lowest BCUT2D eigenvalue weighted by molar-refractivity contribution is -0.112. The fraction of sp³-hybridized carbons (Fsp3) is 0.750. The smallest absolute Gasteiger partial charge is 0.111 e. The maximum Gasteiger partial charge on any atom is 0.111 e. The van der Waals surface area contributed by atoms with E-state index in [-0.39, 0.29) is 12.3 Å². The van der Waals surface area contributed by atoms with Crippen molar-refractivity contribution in [2.75, 3.05) is 0 Å². The summed E-state index contributed by atoms with van der Waals surface area (Å²) < 4.78 is 6.84. The molecule has 2 saturated heterocycles. The van der Waals surface area contributed by atoms with Crippen LogP contribution >= 0.6 is 0 Å². The zero-order valence-corrected chi connectivity index (χ0v) is 16.7. The molecule has 0 bridgehead atoms. The summed E-state index contributed by atoms with van der Waals surface area (Å²) in [5.41, 5.74) is 1.42. The van der Waals surface area contributed by atoms with E-state index in [0.717, 1.165) is 19.3 Å². The molecule has 2 aliphatic heterocycles. The standard InChI is InChI=1S/C24H35NO2/c1-16-14-20-19(21(26)15-16)12-13-22-25(20)23(17-8-4-2-5-9-17)24(27-22)18-10-6-3-7-11-18/h2,4-5,8-9,16,18-24,26H,3,6-7,10-15H2,1H3/t16-,19-,20+,21-,22-,23-,24+/m0/s1. The molecule has 27 heavy (non-hydrogen) atoms. The molecule has 3 heteroatoms. The van der Waals surface area contributed by atoms with Gasteiger partial charge in [0.25, 0.3) is 0 Å². The molecule has 0 spiro atoms. The van der Waals surface area contributed by atoms with Crippen LogP contribution in [-0.4, -0.2) is 34.5 Å². The Morgan fingerprint density at radius 1 is 0.963 bits per heavy atom. The summed E-state index contributed by atoms with van der Waals surface area (Å²) in [5.74, 6) is 1.72. The van der Waals surface area contributed by atoms with Crippen molar-refractivity contribution in [1.29, 1.82) is 0 Å². The Labute approximate surface area is 164 Å². The van der Waals surface area contributed by atoms with E-state index in [1.54, 1.807) is 0 Å². The van der Waals surface area contributed by atoms with Crippen molar-refractivity contribution in [3.63, 3.8) is 0 Å². The van der Waals surface area contributed by atoms with Crippen molar-refractivity contribution in [3.05, 3.63) is 35.9 Å². The molecule has 4 fully saturated rings. The van der Waals surface area contributed by atoms with E-state index in [2.05, 4.69) is 42.2 Å². The number of benzene rings is 1. The number of rotatable bonds is 2. The molecule has 1 aromatic rings. The minimum Gasteiger partial charge on any atom is -0.393 e. The average molecular weight is 370 g/mol.